The molecule has 0 N–H and O–H groups in total. The molecule has 1 atom stereocenters. The van der Waals surface area contributed by atoms with Gasteiger partial charge in [0.1, 0.15) is 5.82 Å². The van der Waals surface area contributed by atoms with Crippen molar-refractivity contribution in [2.45, 2.75) is 39.7 Å². The predicted octanol–water partition coefficient (Wildman–Crippen LogP) is 5.57. The summed E-state index contributed by atoms with van der Waals surface area (Å²) >= 11 is 6.92. The van der Waals surface area contributed by atoms with Crippen LogP contribution in [0.15, 0.2) is 66.1 Å². The molecule has 210 valence electrons. The van der Waals surface area contributed by atoms with E-state index in [0.29, 0.717) is 63.8 Å². The van der Waals surface area contributed by atoms with Gasteiger partial charge in [0, 0.05) is 53.4 Å². The number of benzene rings is 2. The largest absolute Gasteiger partial charge is 0.354 e. The highest BCUT2D eigenvalue weighted by Crippen LogP contribution is 2.38. The minimum atomic E-state index is -0.445. The zero-order chi connectivity index (χ0) is 29.4. The number of aldehydes is 1. The van der Waals surface area contributed by atoms with E-state index in [1.54, 1.807) is 27.8 Å². The van der Waals surface area contributed by atoms with Gasteiger partial charge in [0.2, 0.25) is 5.91 Å². The maximum absolute atomic E-state index is 14.0. The molecule has 1 saturated heterocycles. The van der Waals surface area contributed by atoms with Crippen LogP contribution in [0.4, 0.5) is 5.82 Å². The van der Waals surface area contributed by atoms with Gasteiger partial charge >= 0.3 is 5.69 Å². The second-order valence-corrected chi connectivity index (χ2v) is 11.1. The lowest BCUT2D eigenvalue weighted by molar-refractivity contribution is -0.126. The Kier molecular flexibility index (Phi) is 7.78. The molecule has 1 amide bonds. The molecular formula is C32H32ClN5O3. The fraction of sp³-hybridized carbons (Fsp3) is 0.281. The second-order valence-electron chi connectivity index (χ2n) is 10.7. The van der Waals surface area contributed by atoms with Gasteiger partial charge in [-0.05, 0) is 55.2 Å². The highest BCUT2D eigenvalue weighted by atomic mass is 35.5. The van der Waals surface area contributed by atoms with Gasteiger partial charge in [-0.15, -0.1) is 0 Å². The van der Waals surface area contributed by atoms with Crippen molar-refractivity contribution in [3.63, 3.8) is 0 Å². The molecular weight excluding hydrogens is 538 g/mol. The molecule has 0 saturated carbocycles. The van der Waals surface area contributed by atoms with E-state index in [9.17, 15) is 14.4 Å². The third kappa shape index (κ3) is 5.04. The first-order valence-corrected chi connectivity index (χ1v) is 14.0. The number of halogens is 1. The van der Waals surface area contributed by atoms with Gasteiger partial charge < -0.3 is 9.80 Å². The molecule has 1 aliphatic rings. The maximum atomic E-state index is 14.0. The van der Waals surface area contributed by atoms with E-state index < -0.39 is 5.69 Å². The summed E-state index contributed by atoms with van der Waals surface area (Å²) in [5.41, 5.74) is 4.30. The van der Waals surface area contributed by atoms with Crippen LogP contribution in [0.5, 0.6) is 0 Å². The Balaban J connectivity index is 1.82. The number of pyridine rings is 1. The summed E-state index contributed by atoms with van der Waals surface area (Å²) in [7, 11) is 0. The lowest BCUT2D eigenvalue weighted by Crippen LogP contribution is -2.54. The molecule has 0 unspecified atom stereocenters. The van der Waals surface area contributed by atoms with Crippen LogP contribution >= 0.6 is 11.6 Å². The number of piperazine rings is 1. The molecule has 0 spiro atoms. The Morgan fingerprint density at radius 3 is 2.59 bits per heavy atom. The first-order chi connectivity index (χ1) is 19.7. The van der Waals surface area contributed by atoms with Crippen molar-refractivity contribution in [1.82, 2.24) is 19.4 Å². The number of anilines is 1. The number of amides is 1. The van der Waals surface area contributed by atoms with Crippen LogP contribution in [0.1, 0.15) is 48.3 Å². The summed E-state index contributed by atoms with van der Waals surface area (Å²) in [5, 5.41) is 1.12. The zero-order valence-corrected chi connectivity index (χ0v) is 24.4. The topological polar surface area (TPSA) is 88.4 Å². The number of hydrogen-bond donors (Lipinski definition) is 0. The van der Waals surface area contributed by atoms with E-state index in [4.69, 9.17) is 11.6 Å². The zero-order valence-electron chi connectivity index (χ0n) is 23.6. The Morgan fingerprint density at radius 1 is 1.15 bits per heavy atom. The number of rotatable bonds is 6. The number of fused-ring (bicyclic) bond motifs is 1. The average Bonchev–Trinajstić information content (AvgIpc) is 2.96. The van der Waals surface area contributed by atoms with Crippen LogP contribution in [-0.2, 0) is 4.79 Å². The number of carbonyl (C=O) groups is 2. The van der Waals surface area contributed by atoms with Crippen molar-refractivity contribution in [3.8, 4) is 16.8 Å². The third-order valence-corrected chi connectivity index (χ3v) is 7.96. The molecule has 41 heavy (non-hydrogen) atoms. The van der Waals surface area contributed by atoms with Crippen LogP contribution in [-0.4, -0.2) is 57.3 Å². The Labute approximate surface area is 243 Å². The monoisotopic (exact) mass is 569 g/mol. The quantitative estimate of drug-likeness (QED) is 0.223. The summed E-state index contributed by atoms with van der Waals surface area (Å²) < 4.78 is 1.61. The van der Waals surface area contributed by atoms with Crippen LogP contribution in [0.25, 0.3) is 27.7 Å². The molecule has 2 aromatic heterocycles. The Bertz CT molecular complexity index is 1750. The Morgan fingerprint density at radius 2 is 1.90 bits per heavy atom. The Hall–Kier alpha value is -4.30. The lowest BCUT2D eigenvalue weighted by atomic mass is 9.98. The molecule has 0 bridgehead atoms. The first-order valence-electron chi connectivity index (χ1n) is 13.6. The fourth-order valence-corrected chi connectivity index (χ4v) is 5.87. The van der Waals surface area contributed by atoms with Crippen molar-refractivity contribution < 1.29 is 9.59 Å². The van der Waals surface area contributed by atoms with Crippen molar-refractivity contribution in [2.24, 2.45) is 0 Å². The fourth-order valence-electron chi connectivity index (χ4n) is 5.60. The maximum Gasteiger partial charge on any atom is 0.354 e. The van der Waals surface area contributed by atoms with E-state index in [1.807, 2.05) is 58.0 Å². The standard InChI is InChI=1S/C32H32ClN5O3/c1-6-28(40)36-13-14-37(21(5)17-36)31-25-15-26(33)24(23-10-8-7-9-22(23)18-39)16-27(25)38(32(41)35-31)30-20(4)11-12-34-29(30)19(2)3/h6-12,15-16,18-19,21H,1,13-14,17H2,2-5H3/t21-/m0/s1. The van der Waals surface area contributed by atoms with Crippen molar-refractivity contribution in [1.29, 1.82) is 0 Å². The van der Waals surface area contributed by atoms with E-state index in [-0.39, 0.29) is 17.9 Å². The van der Waals surface area contributed by atoms with Crippen LogP contribution < -0.4 is 10.6 Å². The van der Waals surface area contributed by atoms with E-state index in [2.05, 4.69) is 21.4 Å². The smallest absolute Gasteiger partial charge is 0.350 e. The number of nitrogens with zero attached hydrogens (tertiary/aromatic N) is 5. The molecule has 1 fully saturated rings. The molecule has 2 aromatic carbocycles. The lowest BCUT2D eigenvalue weighted by Gasteiger charge is -2.40. The van der Waals surface area contributed by atoms with Gasteiger partial charge in [0.15, 0.2) is 6.29 Å². The molecule has 5 rings (SSSR count). The minimum absolute atomic E-state index is 0.0459. The van der Waals surface area contributed by atoms with Gasteiger partial charge in [0.25, 0.3) is 0 Å². The molecule has 1 aliphatic heterocycles. The van der Waals surface area contributed by atoms with Gasteiger partial charge in [0.05, 0.1) is 16.9 Å². The molecule has 0 radical (unpaired) electrons. The van der Waals surface area contributed by atoms with Crippen LogP contribution in [0.2, 0.25) is 5.02 Å². The number of carbonyl (C=O) groups excluding carboxylic acids is 2. The van der Waals surface area contributed by atoms with Gasteiger partial charge in [-0.2, -0.15) is 4.98 Å². The van der Waals surface area contributed by atoms with Crippen molar-refractivity contribution >= 4 is 40.5 Å². The van der Waals surface area contributed by atoms with E-state index in [1.165, 1.54) is 6.08 Å². The summed E-state index contributed by atoms with van der Waals surface area (Å²) in [6.07, 6.45) is 3.87. The molecule has 9 heteroatoms. The van der Waals surface area contributed by atoms with Crippen LogP contribution in [0.3, 0.4) is 0 Å². The number of hydrogen-bond acceptors (Lipinski definition) is 6. The summed E-state index contributed by atoms with van der Waals surface area (Å²) in [4.78, 5) is 51.3. The summed E-state index contributed by atoms with van der Waals surface area (Å²) in [5.74, 6) is 0.424. The molecule has 4 aromatic rings. The third-order valence-electron chi connectivity index (χ3n) is 7.65. The molecule has 3 heterocycles. The highest BCUT2D eigenvalue weighted by molar-refractivity contribution is 6.34. The molecule has 0 aliphatic carbocycles. The van der Waals surface area contributed by atoms with Crippen LogP contribution in [0, 0.1) is 6.92 Å². The normalized spacial score (nSPS) is 15.4. The summed E-state index contributed by atoms with van der Waals surface area (Å²) in [6.45, 7) is 13.1. The van der Waals surface area contributed by atoms with Crippen molar-refractivity contribution in [2.75, 3.05) is 24.5 Å². The van der Waals surface area contributed by atoms with Gasteiger partial charge in [-0.1, -0.05) is 56.3 Å². The first kappa shape index (κ1) is 28.2. The SMILES string of the molecule is C=CC(=O)N1CCN(c2nc(=O)n(-c3c(C)ccnc3C(C)C)c3cc(-c4ccccc4C=O)c(Cl)cc23)[C@@H](C)C1. The number of aryl methyl sites for hydroxylation is 1. The highest BCUT2D eigenvalue weighted by Gasteiger charge is 2.30. The second kappa shape index (κ2) is 11.3. The summed E-state index contributed by atoms with van der Waals surface area (Å²) in [6, 6.07) is 12.7. The average molecular weight is 570 g/mol. The van der Waals surface area contributed by atoms with Gasteiger partial charge in [-0.25, -0.2) is 4.79 Å². The minimum Gasteiger partial charge on any atom is -0.350 e. The number of aromatic nitrogens is 3. The van der Waals surface area contributed by atoms with E-state index in [0.717, 1.165) is 17.5 Å². The predicted molar refractivity (Wildman–Crippen MR) is 163 cm³/mol. The van der Waals surface area contributed by atoms with Crippen molar-refractivity contribution in [3.05, 3.63) is 93.6 Å². The van der Waals surface area contributed by atoms with E-state index >= 15 is 0 Å². The molecule has 8 nitrogen and oxygen atoms in total. The van der Waals surface area contributed by atoms with Gasteiger partial charge in [-0.3, -0.25) is 19.1 Å².